The molecule has 0 saturated carbocycles. The van der Waals surface area contributed by atoms with E-state index in [1.54, 1.807) is 25.1 Å². The topological polar surface area (TPSA) is 87.1 Å². The number of benzene rings is 1. The second kappa shape index (κ2) is 9.29. The fourth-order valence-electron chi connectivity index (χ4n) is 2.38. The van der Waals surface area contributed by atoms with Crippen LogP contribution in [0.25, 0.3) is 6.08 Å². The minimum absolute atomic E-state index is 0.0135. The van der Waals surface area contributed by atoms with E-state index in [1.807, 2.05) is 6.26 Å². The first-order valence-corrected chi connectivity index (χ1v) is 10.5. The Morgan fingerprint density at radius 2 is 2.23 bits per heavy atom. The molecule has 1 amide bonds. The van der Waals surface area contributed by atoms with Crippen molar-refractivity contribution in [3.05, 3.63) is 28.7 Å². The van der Waals surface area contributed by atoms with Crippen LogP contribution in [-0.4, -0.2) is 56.0 Å². The Morgan fingerprint density at radius 3 is 2.85 bits per heavy atom. The number of carboxylic acid groups (broad SMARTS) is 1. The number of amides is 1. The fourth-order valence-corrected chi connectivity index (χ4v) is 4.20. The first-order chi connectivity index (χ1) is 12.4. The van der Waals surface area contributed by atoms with E-state index < -0.39 is 17.9 Å². The smallest absolute Gasteiger partial charge is 0.326 e. The third-order valence-corrected chi connectivity index (χ3v) is 5.57. The SMILES string of the molecule is CCOc1cc(/C=C2\SC(=S)N([C@@H](CCSC)C(=O)O)C2=O)ccc1O. The Bertz CT molecular complexity index is 750. The number of aliphatic carboxylic acids is 1. The molecule has 1 aliphatic heterocycles. The largest absolute Gasteiger partial charge is 0.504 e. The molecule has 0 radical (unpaired) electrons. The van der Waals surface area contributed by atoms with Crippen molar-refractivity contribution in [3.63, 3.8) is 0 Å². The molecule has 9 heteroatoms. The predicted octanol–water partition coefficient (Wildman–Crippen LogP) is 3.20. The fraction of sp³-hybridized carbons (Fsp3) is 0.353. The molecule has 0 spiro atoms. The van der Waals surface area contributed by atoms with Gasteiger partial charge >= 0.3 is 5.97 Å². The van der Waals surface area contributed by atoms with E-state index in [2.05, 4.69) is 0 Å². The summed E-state index contributed by atoms with van der Waals surface area (Å²) in [5.74, 6) is -0.540. The highest BCUT2D eigenvalue weighted by Gasteiger charge is 2.40. The molecular weight excluding hydrogens is 394 g/mol. The van der Waals surface area contributed by atoms with Gasteiger partial charge in [-0.05, 0) is 49.1 Å². The number of thiocarbonyl (C=S) groups is 1. The lowest BCUT2D eigenvalue weighted by Crippen LogP contribution is -2.44. The van der Waals surface area contributed by atoms with E-state index in [-0.39, 0.29) is 10.1 Å². The van der Waals surface area contributed by atoms with Crippen molar-refractivity contribution in [2.24, 2.45) is 0 Å². The van der Waals surface area contributed by atoms with Crippen molar-refractivity contribution in [1.82, 2.24) is 4.90 Å². The molecule has 0 aromatic heterocycles. The second-order valence-electron chi connectivity index (χ2n) is 5.35. The van der Waals surface area contributed by atoms with Crippen molar-refractivity contribution < 1.29 is 24.5 Å². The van der Waals surface area contributed by atoms with Crippen molar-refractivity contribution in [1.29, 1.82) is 0 Å². The van der Waals surface area contributed by atoms with E-state index in [9.17, 15) is 19.8 Å². The van der Waals surface area contributed by atoms with Gasteiger partial charge in [0.05, 0.1) is 11.5 Å². The summed E-state index contributed by atoms with van der Waals surface area (Å²) >= 11 is 7.83. The number of carbonyl (C=O) groups is 2. The molecule has 1 heterocycles. The van der Waals surface area contributed by atoms with Gasteiger partial charge in [-0.1, -0.05) is 30.0 Å². The number of hydrogen-bond donors (Lipinski definition) is 2. The normalized spacial score (nSPS) is 17.0. The van der Waals surface area contributed by atoms with E-state index in [0.29, 0.717) is 35.0 Å². The molecule has 1 aromatic carbocycles. The van der Waals surface area contributed by atoms with Crippen molar-refractivity contribution in [3.8, 4) is 11.5 Å². The lowest BCUT2D eigenvalue weighted by molar-refractivity contribution is -0.145. The number of thioether (sulfide) groups is 2. The maximum atomic E-state index is 12.7. The van der Waals surface area contributed by atoms with Gasteiger partial charge in [0.2, 0.25) is 0 Å². The zero-order valence-corrected chi connectivity index (χ0v) is 16.7. The van der Waals surface area contributed by atoms with Crippen LogP contribution in [0.4, 0.5) is 0 Å². The zero-order chi connectivity index (χ0) is 19.3. The van der Waals surface area contributed by atoms with Gasteiger partial charge in [-0.15, -0.1) is 0 Å². The number of rotatable bonds is 8. The van der Waals surface area contributed by atoms with E-state index in [0.717, 1.165) is 11.8 Å². The van der Waals surface area contributed by atoms with Crippen LogP contribution >= 0.6 is 35.7 Å². The van der Waals surface area contributed by atoms with Crippen LogP contribution in [0.3, 0.4) is 0 Å². The number of aromatic hydroxyl groups is 1. The molecular formula is C17H19NO5S3. The number of phenolic OH excluding ortho intramolecular Hbond substituents is 1. The van der Waals surface area contributed by atoms with E-state index >= 15 is 0 Å². The van der Waals surface area contributed by atoms with Crippen molar-refractivity contribution in [2.45, 2.75) is 19.4 Å². The summed E-state index contributed by atoms with van der Waals surface area (Å²) in [6.07, 6.45) is 3.82. The Hall–Kier alpha value is -1.71. The highest BCUT2D eigenvalue weighted by atomic mass is 32.2. The van der Waals surface area contributed by atoms with E-state index in [4.69, 9.17) is 17.0 Å². The zero-order valence-electron chi connectivity index (χ0n) is 14.3. The van der Waals surface area contributed by atoms with Crippen LogP contribution in [0.2, 0.25) is 0 Å². The summed E-state index contributed by atoms with van der Waals surface area (Å²) < 4.78 is 5.57. The van der Waals surface area contributed by atoms with Crippen LogP contribution in [0.1, 0.15) is 18.9 Å². The number of phenols is 1. The van der Waals surface area contributed by atoms with Crippen LogP contribution in [0.5, 0.6) is 11.5 Å². The molecule has 0 aliphatic carbocycles. The molecule has 140 valence electrons. The van der Waals surface area contributed by atoms with Crippen LogP contribution in [0.15, 0.2) is 23.1 Å². The number of hydrogen-bond acceptors (Lipinski definition) is 7. The molecule has 2 rings (SSSR count). The molecule has 0 unspecified atom stereocenters. The molecule has 1 fully saturated rings. The minimum Gasteiger partial charge on any atom is -0.504 e. The van der Waals surface area contributed by atoms with Gasteiger partial charge < -0.3 is 14.9 Å². The van der Waals surface area contributed by atoms with Gasteiger partial charge in [0.25, 0.3) is 5.91 Å². The summed E-state index contributed by atoms with van der Waals surface area (Å²) in [6, 6.07) is 3.77. The Morgan fingerprint density at radius 1 is 1.50 bits per heavy atom. The number of ether oxygens (including phenoxy) is 1. The molecule has 1 atom stereocenters. The van der Waals surface area contributed by atoms with E-state index in [1.165, 1.54) is 22.7 Å². The van der Waals surface area contributed by atoms with Gasteiger partial charge in [0.15, 0.2) is 11.5 Å². The number of nitrogens with zero attached hydrogens (tertiary/aromatic N) is 1. The Kier molecular flexibility index (Phi) is 7.36. The third kappa shape index (κ3) is 4.72. The van der Waals surface area contributed by atoms with Gasteiger partial charge in [-0.2, -0.15) is 11.8 Å². The molecule has 1 aromatic rings. The molecule has 6 nitrogen and oxygen atoms in total. The summed E-state index contributed by atoms with van der Waals surface area (Å²) in [5, 5.41) is 19.2. The number of carbonyl (C=O) groups excluding carboxylic acids is 1. The maximum absolute atomic E-state index is 12.7. The highest BCUT2D eigenvalue weighted by Crippen LogP contribution is 2.36. The first-order valence-electron chi connectivity index (χ1n) is 7.83. The first kappa shape index (κ1) is 20.6. The lowest BCUT2D eigenvalue weighted by atomic mass is 10.1. The van der Waals surface area contributed by atoms with Gasteiger partial charge in [-0.3, -0.25) is 9.69 Å². The summed E-state index contributed by atoms with van der Waals surface area (Å²) in [5.41, 5.74) is 0.655. The van der Waals surface area contributed by atoms with Crippen LogP contribution in [0, 0.1) is 0 Å². The molecule has 1 saturated heterocycles. The summed E-state index contributed by atoms with van der Waals surface area (Å²) in [4.78, 5) is 25.8. The molecule has 26 heavy (non-hydrogen) atoms. The van der Waals surface area contributed by atoms with Crippen molar-refractivity contribution >= 4 is 58.0 Å². The highest BCUT2D eigenvalue weighted by molar-refractivity contribution is 8.26. The molecule has 1 aliphatic rings. The van der Waals surface area contributed by atoms with Gasteiger partial charge in [-0.25, -0.2) is 4.79 Å². The van der Waals surface area contributed by atoms with Gasteiger partial charge in [0, 0.05) is 0 Å². The minimum atomic E-state index is -1.07. The van der Waals surface area contributed by atoms with Gasteiger partial charge in [0.1, 0.15) is 10.4 Å². The molecule has 0 bridgehead atoms. The predicted molar refractivity (Wildman–Crippen MR) is 109 cm³/mol. The second-order valence-corrected chi connectivity index (χ2v) is 8.01. The lowest BCUT2D eigenvalue weighted by Gasteiger charge is -2.22. The quantitative estimate of drug-likeness (QED) is 0.496. The standard InChI is InChI=1S/C17H19NO5S3/c1-3-23-13-8-10(4-5-12(13)19)9-14-15(20)18(17(24)26-14)11(16(21)22)6-7-25-2/h4-5,8-9,11,19H,3,6-7H2,1-2H3,(H,21,22)/b14-9-/t11-/m0/s1. The number of carboxylic acids is 1. The summed E-state index contributed by atoms with van der Waals surface area (Å²) in [6.45, 7) is 2.20. The average molecular weight is 414 g/mol. The van der Waals surface area contributed by atoms with Crippen LogP contribution < -0.4 is 4.74 Å². The maximum Gasteiger partial charge on any atom is 0.326 e. The molecule has 2 N–H and O–H groups in total. The third-order valence-electron chi connectivity index (χ3n) is 3.60. The monoisotopic (exact) mass is 413 g/mol. The Labute approximate surface area is 165 Å². The summed E-state index contributed by atoms with van der Waals surface area (Å²) in [7, 11) is 0. The Balaban J connectivity index is 2.28. The van der Waals surface area contributed by atoms with Crippen molar-refractivity contribution in [2.75, 3.05) is 18.6 Å². The van der Waals surface area contributed by atoms with Crippen LogP contribution in [-0.2, 0) is 9.59 Å². The average Bonchev–Trinajstić information content (AvgIpc) is 2.86.